The summed E-state index contributed by atoms with van der Waals surface area (Å²) in [7, 11) is 0. The molecule has 4 heteroatoms. The second kappa shape index (κ2) is 4.11. The van der Waals surface area contributed by atoms with Crippen LogP contribution >= 0.6 is 0 Å². The van der Waals surface area contributed by atoms with Gasteiger partial charge >= 0.3 is 0 Å². The van der Waals surface area contributed by atoms with E-state index in [-0.39, 0.29) is 0 Å². The number of aromatic amines is 1. The summed E-state index contributed by atoms with van der Waals surface area (Å²) >= 11 is 0. The molecule has 0 radical (unpaired) electrons. The van der Waals surface area contributed by atoms with E-state index in [2.05, 4.69) is 21.9 Å². The smallest absolute Gasteiger partial charge is 0.177 e. The predicted octanol–water partition coefficient (Wildman–Crippen LogP) is 2.25. The number of hydrogen-bond donors (Lipinski definition) is 2. The minimum atomic E-state index is 0.330. The van der Waals surface area contributed by atoms with Gasteiger partial charge in [0.1, 0.15) is 5.82 Å². The Hall–Kier alpha value is -1.42. The Morgan fingerprint density at radius 3 is 3.06 bits per heavy atom. The number of nitrogens with one attached hydrogen (secondary N) is 1. The first-order valence-corrected chi connectivity index (χ1v) is 6.31. The molecule has 1 aliphatic rings. The molecule has 1 fully saturated rings. The van der Waals surface area contributed by atoms with Crippen molar-refractivity contribution < 1.29 is 0 Å². The molecule has 0 aliphatic heterocycles. The summed E-state index contributed by atoms with van der Waals surface area (Å²) in [5, 5.41) is 0. The predicted molar refractivity (Wildman–Crippen MR) is 67.8 cm³/mol. The average molecular weight is 230 g/mol. The van der Waals surface area contributed by atoms with Crippen LogP contribution in [0, 0.1) is 6.92 Å². The fourth-order valence-corrected chi connectivity index (χ4v) is 2.72. The summed E-state index contributed by atoms with van der Waals surface area (Å²) in [4.78, 5) is 12.3. The van der Waals surface area contributed by atoms with E-state index in [9.17, 15) is 0 Å². The highest BCUT2D eigenvalue weighted by Crippen LogP contribution is 2.31. The number of pyridine rings is 1. The molecule has 1 aliphatic carbocycles. The highest BCUT2D eigenvalue weighted by Gasteiger charge is 2.23. The van der Waals surface area contributed by atoms with Gasteiger partial charge in [0.2, 0.25) is 0 Å². The summed E-state index contributed by atoms with van der Waals surface area (Å²) in [5.74, 6) is 1.55. The summed E-state index contributed by atoms with van der Waals surface area (Å²) in [6, 6.07) is 2.34. The molecule has 90 valence electrons. The van der Waals surface area contributed by atoms with E-state index in [1.54, 1.807) is 0 Å². The molecule has 0 amide bonds. The molecule has 3 rings (SSSR count). The minimum absolute atomic E-state index is 0.330. The third-order valence-corrected chi connectivity index (χ3v) is 3.72. The number of fused-ring (bicyclic) bond motifs is 1. The average Bonchev–Trinajstić information content (AvgIpc) is 2.74. The lowest BCUT2D eigenvalue weighted by molar-refractivity contribution is 0.384. The standard InChI is InChI=1S/C13H18N4/c1-8-5-6-15-13-11(8)16-12(17-13)9-3-2-4-10(14)7-9/h5-6,9-10H,2-4,7,14H2,1H3,(H,15,16,17). The lowest BCUT2D eigenvalue weighted by Crippen LogP contribution is -2.27. The van der Waals surface area contributed by atoms with E-state index in [1.165, 1.54) is 18.4 Å². The number of nitrogens with zero attached hydrogens (tertiary/aromatic N) is 2. The molecular weight excluding hydrogens is 212 g/mol. The van der Waals surface area contributed by atoms with Crippen LogP contribution in [0.3, 0.4) is 0 Å². The maximum absolute atomic E-state index is 6.03. The molecule has 2 unspecified atom stereocenters. The summed E-state index contributed by atoms with van der Waals surface area (Å²) in [6.07, 6.45) is 6.39. The molecule has 2 atom stereocenters. The van der Waals surface area contributed by atoms with E-state index in [1.807, 2.05) is 12.3 Å². The molecule has 2 aromatic rings. The van der Waals surface area contributed by atoms with E-state index >= 15 is 0 Å². The van der Waals surface area contributed by atoms with Crippen LogP contribution in [-0.2, 0) is 0 Å². The molecule has 1 saturated carbocycles. The SMILES string of the molecule is Cc1ccnc2nc(C3CCCC(N)C3)[nH]c12. The van der Waals surface area contributed by atoms with Gasteiger partial charge in [-0.2, -0.15) is 0 Å². The van der Waals surface area contributed by atoms with Crippen LogP contribution in [-0.4, -0.2) is 21.0 Å². The van der Waals surface area contributed by atoms with Crippen LogP contribution in [0.2, 0.25) is 0 Å². The number of rotatable bonds is 1. The lowest BCUT2D eigenvalue weighted by atomic mass is 9.86. The lowest BCUT2D eigenvalue weighted by Gasteiger charge is -2.24. The van der Waals surface area contributed by atoms with Crippen molar-refractivity contribution in [2.45, 2.75) is 44.6 Å². The highest BCUT2D eigenvalue weighted by atomic mass is 15.0. The van der Waals surface area contributed by atoms with Gasteiger partial charge in [0.25, 0.3) is 0 Å². The molecule has 0 bridgehead atoms. The van der Waals surface area contributed by atoms with Crippen LogP contribution in [0.25, 0.3) is 11.2 Å². The van der Waals surface area contributed by atoms with Crippen LogP contribution in [0.15, 0.2) is 12.3 Å². The number of imidazole rings is 1. The third kappa shape index (κ3) is 1.93. The Bertz CT molecular complexity index is 531. The Morgan fingerprint density at radius 2 is 2.29 bits per heavy atom. The quantitative estimate of drug-likeness (QED) is 0.789. The Morgan fingerprint density at radius 1 is 1.41 bits per heavy atom. The topological polar surface area (TPSA) is 67.6 Å². The molecule has 2 heterocycles. The molecule has 0 saturated heterocycles. The van der Waals surface area contributed by atoms with E-state index in [0.29, 0.717) is 12.0 Å². The molecule has 4 nitrogen and oxygen atoms in total. The highest BCUT2D eigenvalue weighted by molar-refractivity contribution is 5.74. The number of H-pyrrole nitrogens is 1. The fraction of sp³-hybridized carbons (Fsp3) is 0.538. The first kappa shape index (κ1) is 10.7. The van der Waals surface area contributed by atoms with Gasteiger partial charge in [0, 0.05) is 18.2 Å². The minimum Gasteiger partial charge on any atom is -0.340 e. The zero-order valence-corrected chi connectivity index (χ0v) is 10.1. The number of aromatic nitrogens is 3. The zero-order chi connectivity index (χ0) is 11.8. The van der Waals surface area contributed by atoms with Gasteiger partial charge in [-0.1, -0.05) is 6.42 Å². The third-order valence-electron chi connectivity index (χ3n) is 3.72. The van der Waals surface area contributed by atoms with E-state index < -0.39 is 0 Å². The monoisotopic (exact) mass is 230 g/mol. The van der Waals surface area contributed by atoms with Crippen molar-refractivity contribution in [2.75, 3.05) is 0 Å². The first-order chi connectivity index (χ1) is 8.24. The summed E-state index contributed by atoms with van der Waals surface area (Å²) in [6.45, 7) is 2.08. The molecule has 0 aromatic carbocycles. The number of hydrogen-bond acceptors (Lipinski definition) is 3. The van der Waals surface area contributed by atoms with Crippen molar-refractivity contribution in [3.05, 3.63) is 23.7 Å². The van der Waals surface area contributed by atoms with Gasteiger partial charge in [0.15, 0.2) is 5.65 Å². The number of aryl methyl sites for hydroxylation is 1. The second-order valence-corrected chi connectivity index (χ2v) is 5.07. The van der Waals surface area contributed by atoms with Crippen molar-refractivity contribution in [2.24, 2.45) is 5.73 Å². The van der Waals surface area contributed by atoms with Gasteiger partial charge < -0.3 is 10.7 Å². The van der Waals surface area contributed by atoms with Crippen LogP contribution in [0.4, 0.5) is 0 Å². The van der Waals surface area contributed by atoms with Crippen LogP contribution in [0.1, 0.15) is 43.0 Å². The van der Waals surface area contributed by atoms with Crippen molar-refractivity contribution in [1.82, 2.24) is 15.0 Å². The van der Waals surface area contributed by atoms with E-state index in [0.717, 1.165) is 29.8 Å². The maximum Gasteiger partial charge on any atom is 0.177 e. The van der Waals surface area contributed by atoms with Crippen LogP contribution in [0.5, 0.6) is 0 Å². The summed E-state index contributed by atoms with van der Waals surface area (Å²) < 4.78 is 0. The fourth-order valence-electron chi connectivity index (χ4n) is 2.72. The molecule has 17 heavy (non-hydrogen) atoms. The Balaban J connectivity index is 1.97. The van der Waals surface area contributed by atoms with Crippen molar-refractivity contribution >= 4 is 11.2 Å². The van der Waals surface area contributed by atoms with Gasteiger partial charge in [-0.3, -0.25) is 0 Å². The normalized spacial score (nSPS) is 25.3. The zero-order valence-electron chi connectivity index (χ0n) is 10.1. The van der Waals surface area contributed by atoms with Crippen molar-refractivity contribution in [3.8, 4) is 0 Å². The van der Waals surface area contributed by atoms with Gasteiger partial charge in [-0.25, -0.2) is 9.97 Å². The van der Waals surface area contributed by atoms with Gasteiger partial charge in [-0.05, 0) is 37.8 Å². The van der Waals surface area contributed by atoms with E-state index in [4.69, 9.17) is 5.73 Å². The maximum atomic E-state index is 6.03. The number of nitrogens with two attached hydrogens (primary N) is 1. The molecule has 0 spiro atoms. The van der Waals surface area contributed by atoms with Gasteiger partial charge in [0.05, 0.1) is 5.52 Å². The largest absolute Gasteiger partial charge is 0.340 e. The van der Waals surface area contributed by atoms with Crippen molar-refractivity contribution in [3.63, 3.8) is 0 Å². The first-order valence-electron chi connectivity index (χ1n) is 6.31. The molecular formula is C13H18N4. The van der Waals surface area contributed by atoms with Crippen LogP contribution < -0.4 is 5.73 Å². The molecule has 3 N–H and O–H groups in total. The van der Waals surface area contributed by atoms with Gasteiger partial charge in [-0.15, -0.1) is 0 Å². The summed E-state index contributed by atoms with van der Waals surface area (Å²) in [5.41, 5.74) is 9.14. The second-order valence-electron chi connectivity index (χ2n) is 5.07. The Labute approximate surface area is 101 Å². The Kier molecular flexibility index (Phi) is 2.59. The van der Waals surface area contributed by atoms with Crippen molar-refractivity contribution in [1.29, 1.82) is 0 Å². The molecule has 2 aromatic heterocycles.